The number of carbonyl (C=O) groups is 1. The molecule has 7 heteroatoms. The maximum Gasteiger partial charge on any atom is 0.241 e. The number of likely N-dealkylation sites (tertiary alicyclic amines) is 1. The standard InChI is InChI=1S/C24H27ClN4O2/c1-2-21(17-8-4-3-5-9-17)26-24(30)18-12-14-29(15-13-18)16-22-27-23(28-31-22)19-10-6-7-11-20(19)25/h3-11,18,21H,2,12-16H2,1H3,(H,26,30). The van der Waals surface area contributed by atoms with Gasteiger partial charge < -0.3 is 9.84 Å². The van der Waals surface area contributed by atoms with Crippen molar-refractivity contribution >= 4 is 17.5 Å². The molecule has 6 nitrogen and oxygen atoms in total. The van der Waals surface area contributed by atoms with Crippen LogP contribution < -0.4 is 5.32 Å². The van der Waals surface area contributed by atoms with Gasteiger partial charge in [0.2, 0.25) is 17.6 Å². The minimum absolute atomic E-state index is 0.0374. The van der Waals surface area contributed by atoms with Gasteiger partial charge in [0.15, 0.2) is 0 Å². The Kier molecular flexibility index (Phi) is 6.99. The van der Waals surface area contributed by atoms with E-state index in [-0.39, 0.29) is 17.9 Å². The number of carbonyl (C=O) groups excluding carboxylic acids is 1. The Morgan fingerprint density at radius 2 is 1.87 bits per heavy atom. The number of aromatic nitrogens is 2. The molecule has 1 aliphatic rings. The number of halogens is 1. The highest BCUT2D eigenvalue weighted by atomic mass is 35.5. The number of rotatable bonds is 7. The maximum absolute atomic E-state index is 12.8. The molecule has 31 heavy (non-hydrogen) atoms. The molecule has 0 radical (unpaired) electrons. The Labute approximate surface area is 187 Å². The van der Waals surface area contributed by atoms with Gasteiger partial charge in [0, 0.05) is 11.5 Å². The number of nitrogens with one attached hydrogen (secondary N) is 1. The first-order chi connectivity index (χ1) is 15.1. The molecule has 1 aromatic heterocycles. The lowest BCUT2D eigenvalue weighted by atomic mass is 9.94. The first-order valence-corrected chi connectivity index (χ1v) is 11.2. The predicted octanol–water partition coefficient (Wildman–Crippen LogP) is 4.87. The Morgan fingerprint density at radius 1 is 1.16 bits per heavy atom. The van der Waals surface area contributed by atoms with E-state index >= 15 is 0 Å². The Balaban J connectivity index is 1.29. The van der Waals surface area contributed by atoms with E-state index in [0.717, 1.165) is 43.5 Å². The molecule has 3 aromatic rings. The molecule has 0 bridgehead atoms. The van der Waals surface area contributed by atoms with E-state index in [2.05, 4.69) is 39.4 Å². The zero-order chi connectivity index (χ0) is 21.6. The third kappa shape index (κ3) is 5.32. The number of hydrogen-bond acceptors (Lipinski definition) is 5. The van der Waals surface area contributed by atoms with E-state index in [4.69, 9.17) is 16.1 Å². The molecular formula is C24H27ClN4O2. The molecule has 4 rings (SSSR count). The van der Waals surface area contributed by atoms with Crippen LogP contribution in [0.5, 0.6) is 0 Å². The van der Waals surface area contributed by atoms with Gasteiger partial charge in [-0.1, -0.05) is 66.1 Å². The van der Waals surface area contributed by atoms with Crippen molar-refractivity contribution in [2.24, 2.45) is 5.92 Å². The first kappa shape index (κ1) is 21.5. The van der Waals surface area contributed by atoms with Crippen molar-refractivity contribution in [1.29, 1.82) is 0 Å². The number of benzene rings is 2. The van der Waals surface area contributed by atoms with Crippen molar-refractivity contribution in [2.45, 2.75) is 38.8 Å². The van der Waals surface area contributed by atoms with E-state index in [9.17, 15) is 4.79 Å². The molecule has 1 N–H and O–H groups in total. The number of amides is 1. The molecule has 1 atom stereocenters. The lowest BCUT2D eigenvalue weighted by molar-refractivity contribution is -0.127. The van der Waals surface area contributed by atoms with Gasteiger partial charge in [0.05, 0.1) is 17.6 Å². The third-order valence-corrected chi connectivity index (χ3v) is 6.16. The minimum Gasteiger partial charge on any atom is -0.349 e. The minimum atomic E-state index is 0.0374. The van der Waals surface area contributed by atoms with E-state index in [1.54, 1.807) is 0 Å². The molecule has 0 aliphatic carbocycles. The molecule has 0 spiro atoms. The van der Waals surface area contributed by atoms with Crippen molar-refractivity contribution in [3.05, 3.63) is 71.1 Å². The smallest absolute Gasteiger partial charge is 0.241 e. The Morgan fingerprint density at radius 3 is 2.58 bits per heavy atom. The van der Waals surface area contributed by atoms with Crippen LogP contribution >= 0.6 is 11.6 Å². The molecular weight excluding hydrogens is 412 g/mol. The number of piperidine rings is 1. The monoisotopic (exact) mass is 438 g/mol. The molecule has 162 valence electrons. The quantitative estimate of drug-likeness (QED) is 0.569. The van der Waals surface area contributed by atoms with Crippen molar-refractivity contribution in [3.8, 4) is 11.4 Å². The molecule has 1 saturated heterocycles. The van der Waals surface area contributed by atoms with Gasteiger partial charge in [-0.15, -0.1) is 0 Å². The summed E-state index contributed by atoms with van der Waals surface area (Å²) in [6.45, 7) is 4.32. The number of nitrogens with zero attached hydrogens (tertiary/aromatic N) is 3. The van der Waals surface area contributed by atoms with Gasteiger partial charge in [-0.2, -0.15) is 4.98 Å². The largest absolute Gasteiger partial charge is 0.349 e. The summed E-state index contributed by atoms with van der Waals surface area (Å²) in [4.78, 5) is 19.6. The Hall–Kier alpha value is -2.70. The van der Waals surface area contributed by atoms with Gasteiger partial charge in [-0.25, -0.2) is 0 Å². The molecule has 1 unspecified atom stereocenters. The molecule has 1 fully saturated rings. The highest BCUT2D eigenvalue weighted by Gasteiger charge is 2.27. The third-order valence-electron chi connectivity index (χ3n) is 5.83. The van der Waals surface area contributed by atoms with Crippen LogP contribution in [0, 0.1) is 5.92 Å². The highest BCUT2D eigenvalue weighted by molar-refractivity contribution is 6.33. The summed E-state index contributed by atoms with van der Waals surface area (Å²) in [5.41, 5.74) is 1.92. The summed E-state index contributed by atoms with van der Waals surface area (Å²) in [5, 5.41) is 7.90. The van der Waals surface area contributed by atoms with E-state index in [0.29, 0.717) is 23.3 Å². The first-order valence-electron chi connectivity index (χ1n) is 10.8. The molecule has 2 aromatic carbocycles. The van der Waals surface area contributed by atoms with Gasteiger partial charge in [0.1, 0.15) is 0 Å². The van der Waals surface area contributed by atoms with Gasteiger partial charge in [0.25, 0.3) is 0 Å². The van der Waals surface area contributed by atoms with Crippen LogP contribution in [0.3, 0.4) is 0 Å². The van der Waals surface area contributed by atoms with Gasteiger partial charge in [-0.05, 0) is 50.0 Å². The summed E-state index contributed by atoms with van der Waals surface area (Å²) >= 11 is 6.22. The summed E-state index contributed by atoms with van der Waals surface area (Å²) in [7, 11) is 0. The fraction of sp³-hybridized carbons (Fsp3) is 0.375. The molecule has 2 heterocycles. The molecule has 1 aliphatic heterocycles. The lowest BCUT2D eigenvalue weighted by Crippen LogP contribution is -2.41. The van der Waals surface area contributed by atoms with Crippen LogP contribution in [0.2, 0.25) is 5.02 Å². The van der Waals surface area contributed by atoms with E-state index in [1.807, 2.05) is 42.5 Å². The molecule has 1 amide bonds. The fourth-order valence-electron chi connectivity index (χ4n) is 4.01. The average Bonchev–Trinajstić information content (AvgIpc) is 3.27. The van der Waals surface area contributed by atoms with Gasteiger partial charge in [-0.3, -0.25) is 9.69 Å². The lowest BCUT2D eigenvalue weighted by Gasteiger charge is -2.31. The molecule has 0 saturated carbocycles. The topological polar surface area (TPSA) is 71.3 Å². The van der Waals surface area contributed by atoms with Crippen molar-refractivity contribution < 1.29 is 9.32 Å². The predicted molar refractivity (Wildman–Crippen MR) is 120 cm³/mol. The second-order valence-electron chi connectivity index (χ2n) is 7.92. The van der Waals surface area contributed by atoms with Crippen molar-refractivity contribution in [2.75, 3.05) is 13.1 Å². The normalized spacial score (nSPS) is 16.2. The van der Waals surface area contributed by atoms with Gasteiger partial charge >= 0.3 is 0 Å². The van der Waals surface area contributed by atoms with Crippen LogP contribution in [0.4, 0.5) is 0 Å². The zero-order valence-electron chi connectivity index (χ0n) is 17.6. The maximum atomic E-state index is 12.8. The van der Waals surface area contributed by atoms with Crippen LogP contribution in [0.25, 0.3) is 11.4 Å². The van der Waals surface area contributed by atoms with E-state index < -0.39 is 0 Å². The summed E-state index contributed by atoms with van der Waals surface area (Å²) in [6.07, 6.45) is 2.52. The fourth-order valence-corrected chi connectivity index (χ4v) is 4.23. The summed E-state index contributed by atoms with van der Waals surface area (Å²) in [6, 6.07) is 17.7. The second-order valence-corrected chi connectivity index (χ2v) is 8.33. The van der Waals surface area contributed by atoms with Crippen LogP contribution in [0.1, 0.15) is 43.7 Å². The van der Waals surface area contributed by atoms with Crippen molar-refractivity contribution in [3.63, 3.8) is 0 Å². The van der Waals surface area contributed by atoms with Crippen molar-refractivity contribution in [1.82, 2.24) is 20.4 Å². The SMILES string of the molecule is CCC(NC(=O)C1CCN(Cc2nc(-c3ccccc3Cl)no2)CC1)c1ccccc1. The van der Waals surface area contributed by atoms with Crippen LogP contribution in [-0.2, 0) is 11.3 Å². The summed E-state index contributed by atoms with van der Waals surface area (Å²) in [5.74, 6) is 1.25. The van der Waals surface area contributed by atoms with E-state index in [1.165, 1.54) is 0 Å². The van der Waals surface area contributed by atoms with Crippen LogP contribution in [0.15, 0.2) is 59.1 Å². The Bertz CT molecular complexity index is 1000. The second kappa shape index (κ2) is 10.1. The number of hydrogen-bond donors (Lipinski definition) is 1. The zero-order valence-corrected chi connectivity index (χ0v) is 18.4. The average molecular weight is 439 g/mol. The summed E-state index contributed by atoms with van der Waals surface area (Å²) < 4.78 is 5.43. The highest BCUT2D eigenvalue weighted by Crippen LogP contribution is 2.26. The van der Waals surface area contributed by atoms with Crippen LogP contribution in [-0.4, -0.2) is 34.0 Å².